The number of hydrogen-bond donors (Lipinski definition) is 1. The molecule has 0 atom stereocenters. The van der Waals surface area contributed by atoms with Crippen molar-refractivity contribution in [2.75, 3.05) is 13.2 Å². The monoisotopic (exact) mass is 503 g/mol. The van der Waals surface area contributed by atoms with E-state index in [0.717, 1.165) is 39.6 Å². The van der Waals surface area contributed by atoms with Crippen molar-refractivity contribution in [1.82, 2.24) is 5.32 Å². The minimum absolute atomic E-state index is 0. The molecule has 29 heavy (non-hydrogen) atoms. The van der Waals surface area contributed by atoms with Gasteiger partial charge in [0.15, 0.2) is 11.5 Å². The Morgan fingerprint density at radius 2 is 1.66 bits per heavy atom. The van der Waals surface area contributed by atoms with Gasteiger partial charge < -0.3 is 14.8 Å². The van der Waals surface area contributed by atoms with Crippen molar-refractivity contribution in [3.05, 3.63) is 57.0 Å². The second-order valence-electron chi connectivity index (χ2n) is 6.84. The van der Waals surface area contributed by atoms with E-state index in [4.69, 9.17) is 21.1 Å². The molecular weight excluding hydrogens is 473 g/mol. The quantitative estimate of drug-likeness (QED) is 0.285. The van der Waals surface area contributed by atoms with E-state index in [1.807, 2.05) is 31.2 Å². The summed E-state index contributed by atoms with van der Waals surface area (Å²) in [6.45, 7) is 7.15. The normalized spacial score (nSPS) is 10.5. The summed E-state index contributed by atoms with van der Waals surface area (Å²) in [5.41, 5.74) is 2.25. The Morgan fingerprint density at radius 3 is 2.34 bits per heavy atom. The molecule has 2 aromatic carbocycles. The number of unbranched alkanes of at least 4 members (excludes halogenated alkanes) is 4. The zero-order valence-electron chi connectivity index (χ0n) is 17.3. The Labute approximate surface area is 195 Å². The Hall–Kier alpha value is -0.940. The number of nitrogens with one attached hydrogen (secondary N) is 1. The molecule has 3 nitrogen and oxygen atoms in total. The third-order valence-electron chi connectivity index (χ3n) is 4.45. The zero-order valence-corrected chi connectivity index (χ0v) is 20.5. The second-order valence-corrected chi connectivity index (χ2v) is 8.13. The predicted octanol–water partition coefficient (Wildman–Crippen LogP) is 7.56. The highest BCUT2D eigenvalue weighted by Gasteiger charge is 2.12. The highest BCUT2D eigenvalue weighted by molar-refractivity contribution is 9.10. The topological polar surface area (TPSA) is 30.5 Å². The first-order valence-electron chi connectivity index (χ1n) is 10.2. The summed E-state index contributed by atoms with van der Waals surface area (Å²) in [5.74, 6) is 1.51. The summed E-state index contributed by atoms with van der Waals surface area (Å²) < 4.78 is 12.8. The summed E-state index contributed by atoms with van der Waals surface area (Å²) in [6, 6.07) is 11.8. The lowest BCUT2D eigenvalue weighted by Crippen LogP contribution is -2.15. The molecule has 2 aromatic rings. The maximum absolute atomic E-state index is 6.05. The van der Waals surface area contributed by atoms with E-state index in [9.17, 15) is 0 Å². The van der Waals surface area contributed by atoms with Crippen LogP contribution in [-0.2, 0) is 13.2 Å². The van der Waals surface area contributed by atoms with Crippen LogP contribution in [0.4, 0.5) is 0 Å². The smallest absolute Gasteiger partial charge is 0.175 e. The molecule has 0 saturated heterocycles. The van der Waals surface area contributed by atoms with Crippen LogP contribution in [0.15, 0.2) is 40.9 Å². The number of benzene rings is 2. The molecule has 0 fully saturated rings. The fourth-order valence-electron chi connectivity index (χ4n) is 2.95. The molecule has 6 heteroatoms. The molecule has 0 heterocycles. The third kappa shape index (κ3) is 9.61. The van der Waals surface area contributed by atoms with Crippen molar-refractivity contribution in [3.63, 3.8) is 0 Å². The molecular formula is C23H32BrCl2NO2. The van der Waals surface area contributed by atoms with Crippen molar-refractivity contribution < 1.29 is 9.47 Å². The van der Waals surface area contributed by atoms with Gasteiger partial charge in [0.1, 0.15) is 6.61 Å². The molecule has 0 aromatic heterocycles. The van der Waals surface area contributed by atoms with Crippen LogP contribution >= 0.6 is 39.9 Å². The van der Waals surface area contributed by atoms with Crippen molar-refractivity contribution in [1.29, 1.82) is 0 Å². The predicted molar refractivity (Wildman–Crippen MR) is 129 cm³/mol. The highest BCUT2D eigenvalue weighted by atomic mass is 79.9. The lowest BCUT2D eigenvalue weighted by Gasteiger charge is -2.16. The lowest BCUT2D eigenvalue weighted by atomic mass is 10.1. The maximum atomic E-state index is 6.05. The first-order chi connectivity index (χ1) is 13.6. The minimum Gasteiger partial charge on any atom is -0.490 e. The molecule has 0 aliphatic heterocycles. The molecule has 0 aliphatic carbocycles. The molecule has 0 radical (unpaired) electrons. The standard InChI is InChI=1S/C23H31BrClNO2.ClH/c1-3-5-6-7-8-13-26-16-19-14-21(24)23(22(15-19)27-4-2)28-17-18-9-11-20(25)12-10-18;/h9-12,14-15,26H,3-8,13,16-17H2,1-2H3;1H. The van der Waals surface area contributed by atoms with Crippen LogP contribution in [0.2, 0.25) is 5.02 Å². The first kappa shape index (κ1) is 26.1. The molecule has 0 spiro atoms. The van der Waals surface area contributed by atoms with E-state index in [1.54, 1.807) is 0 Å². The van der Waals surface area contributed by atoms with Gasteiger partial charge in [0.2, 0.25) is 0 Å². The molecule has 0 aliphatic rings. The molecule has 0 bridgehead atoms. The van der Waals surface area contributed by atoms with Gasteiger partial charge in [-0.1, -0.05) is 56.3 Å². The fourth-order valence-corrected chi connectivity index (χ4v) is 3.68. The highest BCUT2D eigenvalue weighted by Crippen LogP contribution is 2.37. The second kappa shape index (κ2) is 15.0. The average molecular weight is 505 g/mol. The van der Waals surface area contributed by atoms with Gasteiger partial charge in [0, 0.05) is 11.6 Å². The SMILES string of the molecule is CCCCCCCNCc1cc(Br)c(OCc2ccc(Cl)cc2)c(OCC)c1.Cl. The molecule has 162 valence electrons. The van der Waals surface area contributed by atoms with E-state index in [0.29, 0.717) is 13.2 Å². The van der Waals surface area contributed by atoms with E-state index in [2.05, 4.69) is 40.3 Å². The van der Waals surface area contributed by atoms with E-state index >= 15 is 0 Å². The van der Waals surface area contributed by atoms with Crippen molar-refractivity contribution in [3.8, 4) is 11.5 Å². The fraction of sp³-hybridized carbons (Fsp3) is 0.478. The Balaban J connectivity index is 0.00000420. The third-order valence-corrected chi connectivity index (χ3v) is 5.29. The lowest BCUT2D eigenvalue weighted by molar-refractivity contribution is 0.267. The minimum atomic E-state index is 0. The van der Waals surface area contributed by atoms with Gasteiger partial charge in [-0.25, -0.2) is 0 Å². The van der Waals surface area contributed by atoms with E-state index < -0.39 is 0 Å². The van der Waals surface area contributed by atoms with Crippen LogP contribution < -0.4 is 14.8 Å². The molecule has 2 rings (SSSR count). The van der Waals surface area contributed by atoms with Gasteiger partial charge in [-0.2, -0.15) is 0 Å². The van der Waals surface area contributed by atoms with Crippen molar-refractivity contribution in [2.24, 2.45) is 0 Å². The van der Waals surface area contributed by atoms with Crippen LogP contribution in [0.25, 0.3) is 0 Å². The summed E-state index contributed by atoms with van der Waals surface area (Å²) in [4.78, 5) is 0. The van der Waals surface area contributed by atoms with Gasteiger partial charge in [-0.15, -0.1) is 12.4 Å². The number of rotatable bonds is 13. The van der Waals surface area contributed by atoms with E-state index in [1.165, 1.54) is 37.7 Å². The van der Waals surface area contributed by atoms with Gasteiger partial charge in [-0.3, -0.25) is 0 Å². The van der Waals surface area contributed by atoms with Crippen LogP contribution in [0, 0.1) is 0 Å². The van der Waals surface area contributed by atoms with Gasteiger partial charge in [0.05, 0.1) is 11.1 Å². The van der Waals surface area contributed by atoms with Crippen LogP contribution in [-0.4, -0.2) is 13.2 Å². The summed E-state index contributed by atoms with van der Waals surface area (Å²) in [6.07, 6.45) is 6.47. The Kier molecular flexibility index (Phi) is 13.5. The average Bonchev–Trinajstić information content (AvgIpc) is 2.68. The summed E-state index contributed by atoms with van der Waals surface area (Å²) in [5, 5.41) is 4.25. The maximum Gasteiger partial charge on any atom is 0.175 e. The van der Waals surface area contributed by atoms with Crippen LogP contribution in [0.3, 0.4) is 0 Å². The van der Waals surface area contributed by atoms with Crippen molar-refractivity contribution in [2.45, 2.75) is 59.1 Å². The molecule has 0 amide bonds. The van der Waals surface area contributed by atoms with Gasteiger partial charge in [0.25, 0.3) is 0 Å². The van der Waals surface area contributed by atoms with Crippen LogP contribution in [0.1, 0.15) is 57.1 Å². The largest absolute Gasteiger partial charge is 0.490 e. The number of hydrogen-bond acceptors (Lipinski definition) is 3. The summed E-state index contributed by atoms with van der Waals surface area (Å²) in [7, 11) is 0. The van der Waals surface area contributed by atoms with E-state index in [-0.39, 0.29) is 12.4 Å². The first-order valence-corrected chi connectivity index (χ1v) is 11.3. The van der Waals surface area contributed by atoms with Crippen LogP contribution in [0.5, 0.6) is 11.5 Å². The Bertz CT molecular complexity index is 711. The molecule has 0 unspecified atom stereocenters. The zero-order chi connectivity index (χ0) is 20.2. The van der Waals surface area contributed by atoms with Gasteiger partial charge >= 0.3 is 0 Å². The number of halogens is 3. The molecule has 0 saturated carbocycles. The molecule has 1 N–H and O–H groups in total. The Morgan fingerprint density at radius 1 is 0.931 bits per heavy atom. The van der Waals surface area contributed by atoms with Gasteiger partial charge in [-0.05, 0) is 71.2 Å². The number of ether oxygens (including phenoxy) is 2. The van der Waals surface area contributed by atoms with Crippen molar-refractivity contribution >= 4 is 39.9 Å². The summed E-state index contributed by atoms with van der Waals surface area (Å²) >= 11 is 9.60.